The maximum atomic E-state index is 11.1. The average Bonchev–Trinajstić information content (AvgIpc) is 2.17. The van der Waals surface area contributed by atoms with Gasteiger partial charge < -0.3 is 10.6 Å². The number of carbonyl (C=O) groups excluding carboxylic acids is 1. The van der Waals surface area contributed by atoms with E-state index in [1.165, 1.54) is 0 Å². The molecule has 0 bridgehead atoms. The average molecular weight is 283 g/mol. The molecule has 12 heavy (non-hydrogen) atoms. The molecule has 3 N–H and O–H groups in total. The number of rotatable bonds is 2. The van der Waals surface area contributed by atoms with Gasteiger partial charge in [-0.15, -0.1) is 0 Å². The van der Waals surface area contributed by atoms with Gasteiger partial charge in [-0.25, -0.2) is 0 Å². The van der Waals surface area contributed by atoms with Gasteiger partial charge in [0.15, 0.2) is 0 Å². The van der Waals surface area contributed by atoms with Gasteiger partial charge in [-0.1, -0.05) is 0 Å². The van der Waals surface area contributed by atoms with Crippen molar-refractivity contribution in [1.82, 2.24) is 8.43 Å². The minimum Gasteiger partial charge on any atom is -0.341 e. The number of carbonyl (C=O) groups is 1. The van der Waals surface area contributed by atoms with Crippen LogP contribution in [0.2, 0.25) is 0 Å². The Bertz CT molecular complexity index is 157. The molecule has 1 aliphatic rings. The minimum absolute atomic E-state index is 0.0712. The first-order chi connectivity index (χ1) is 5.77. The Morgan fingerprint density at radius 3 is 2.58 bits per heavy atom. The molecule has 0 aromatic rings. The number of piperidine rings is 1. The molecule has 1 heterocycles. The molecule has 4 nitrogen and oxygen atoms in total. The highest BCUT2D eigenvalue weighted by molar-refractivity contribution is 14.1. The predicted molar refractivity (Wildman–Crippen MR) is 55.8 cm³/mol. The second kappa shape index (κ2) is 4.98. The van der Waals surface area contributed by atoms with Gasteiger partial charge in [0.1, 0.15) is 0 Å². The molecule has 5 heteroatoms. The first kappa shape index (κ1) is 10.2. The van der Waals surface area contributed by atoms with Crippen LogP contribution >= 0.6 is 22.9 Å². The van der Waals surface area contributed by atoms with Gasteiger partial charge in [0, 0.05) is 42.0 Å². The Hall–Kier alpha value is 0.120. The molecule has 0 aromatic heterocycles. The predicted octanol–water partition coefficient (Wildman–Crippen LogP) is -0.124. The van der Waals surface area contributed by atoms with Crippen molar-refractivity contribution in [3.63, 3.8) is 0 Å². The van der Waals surface area contributed by atoms with Crippen molar-refractivity contribution in [3.8, 4) is 0 Å². The standard InChI is InChI=1S/C7H14IN3O/c8-10-6-1-3-11(4-2-6)7(12)5-9/h6,10H,1-5,9H2. The smallest absolute Gasteiger partial charge is 0.236 e. The third-order valence-electron chi connectivity index (χ3n) is 2.18. The molecule has 0 spiro atoms. The molecule has 0 radical (unpaired) electrons. The van der Waals surface area contributed by atoms with Gasteiger partial charge in [0.05, 0.1) is 6.54 Å². The van der Waals surface area contributed by atoms with Crippen LogP contribution in [0, 0.1) is 0 Å². The number of nitrogens with zero attached hydrogens (tertiary/aromatic N) is 1. The highest BCUT2D eigenvalue weighted by Crippen LogP contribution is 2.10. The van der Waals surface area contributed by atoms with Crippen LogP contribution in [0.4, 0.5) is 0 Å². The summed E-state index contributed by atoms with van der Waals surface area (Å²) in [7, 11) is 0. The maximum absolute atomic E-state index is 11.1. The third-order valence-corrected chi connectivity index (χ3v) is 3.06. The zero-order valence-electron chi connectivity index (χ0n) is 6.92. The first-order valence-corrected chi connectivity index (χ1v) is 5.19. The summed E-state index contributed by atoms with van der Waals surface area (Å²) in [6.07, 6.45) is 2.07. The van der Waals surface area contributed by atoms with E-state index in [1.54, 1.807) is 0 Å². The van der Waals surface area contributed by atoms with Crippen molar-refractivity contribution in [2.24, 2.45) is 5.73 Å². The Morgan fingerprint density at radius 1 is 1.58 bits per heavy atom. The number of hydrogen-bond acceptors (Lipinski definition) is 3. The lowest BCUT2D eigenvalue weighted by atomic mass is 10.1. The highest BCUT2D eigenvalue weighted by atomic mass is 127. The summed E-state index contributed by atoms with van der Waals surface area (Å²) in [6.45, 7) is 1.83. The normalized spacial score (nSPS) is 19.7. The lowest BCUT2D eigenvalue weighted by molar-refractivity contribution is -0.130. The molecule has 0 aromatic carbocycles. The van der Waals surface area contributed by atoms with E-state index in [0.29, 0.717) is 6.04 Å². The summed E-state index contributed by atoms with van der Waals surface area (Å²) >= 11 is 2.16. The monoisotopic (exact) mass is 283 g/mol. The van der Waals surface area contributed by atoms with Gasteiger partial charge >= 0.3 is 0 Å². The Labute approximate surface area is 86.4 Å². The van der Waals surface area contributed by atoms with Crippen molar-refractivity contribution in [2.75, 3.05) is 19.6 Å². The van der Waals surface area contributed by atoms with Crippen molar-refractivity contribution in [2.45, 2.75) is 18.9 Å². The van der Waals surface area contributed by atoms with E-state index in [4.69, 9.17) is 5.73 Å². The Balaban J connectivity index is 2.30. The molecular weight excluding hydrogens is 269 g/mol. The molecule has 1 aliphatic heterocycles. The summed E-state index contributed by atoms with van der Waals surface area (Å²) in [6, 6.07) is 0.562. The van der Waals surface area contributed by atoms with Crippen molar-refractivity contribution >= 4 is 28.8 Å². The van der Waals surface area contributed by atoms with Crippen LogP contribution in [0.5, 0.6) is 0 Å². The van der Waals surface area contributed by atoms with E-state index >= 15 is 0 Å². The van der Waals surface area contributed by atoms with Crippen LogP contribution in [0.1, 0.15) is 12.8 Å². The lowest BCUT2D eigenvalue weighted by Crippen LogP contribution is -2.45. The fourth-order valence-electron chi connectivity index (χ4n) is 1.37. The van der Waals surface area contributed by atoms with E-state index in [0.717, 1.165) is 25.9 Å². The van der Waals surface area contributed by atoms with E-state index in [1.807, 2.05) is 4.90 Å². The Kier molecular flexibility index (Phi) is 4.24. The Morgan fingerprint density at radius 2 is 2.17 bits per heavy atom. The molecule has 0 unspecified atom stereocenters. The summed E-state index contributed by atoms with van der Waals surface area (Å²) in [4.78, 5) is 13.0. The minimum atomic E-state index is 0.0712. The van der Waals surface area contributed by atoms with Gasteiger partial charge in [-0.05, 0) is 12.8 Å². The first-order valence-electron chi connectivity index (χ1n) is 4.12. The number of likely N-dealkylation sites (tertiary alicyclic amines) is 1. The largest absolute Gasteiger partial charge is 0.341 e. The number of halogens is 1. The molecule has 1 rings (SSSR count). The van der Waals surface area contributed by atoms with Gasteiger partial charge in [0.2, 0.25) is 5.91 Å². The number of amides is 1. The lowest BCUT2D eigenvalue weighted by Gasteiger charge is -2.30. The van der Waals surface area contributed by atoms with Crippen LogP contribution in [0.15, 0.2) is 0 Å². The van der Waals surface area contributed by atoms with E-state index in [2.05, 4.69) is 26.4 Å². The number of nitrogens with one attached hydrogen (secondary N) is 1. The third kappa shape index (κ3) is 2.56. The zero-order valence-corrected chi connectivity index (χ0v) is 9.08. The summed E-state index contributed by atoms with van der Waals surface area (Å²) in [5.41, 5.74) is 5.26. The SMILES string of the molecule is NCC(=O)N1CCC(NI)CC1. The van der Waals surface area contributed by atoms with Crippen LogP contribution < -0.4 is 9.26 Å². The van der Waals surface area contributed by atoms with Crippen molar-refractivity contribution in [1.29, 1.82) is 0 Å². The second-order valence-electron chi connectivity index (χ2n) is 2.97. The molecule has 0 saturated carbocycles. The van der Waals surface area contributed by atoms with Crippen LogP contribution in [-0.2, 0) is 4.79 Å². The fourth-order valence-corrected chi connectivity index (χ4v) is 1.99. The fraction of sp³-hybridized carbons (Fsp3) is 0.857. The van der Waals surface area contributed by atoms with Crippen molar-refractivity contribution < 1.29 is 4.79 Å². The highest BCUT2D eigenvalue weighted by Gasteiger charge is 2.20. The van der Waals surface area contributed by atoms with Crippen LogP contribution in [-0.4, -0.2) is 36.5 Å². The molecule has 1 amide bonds. The van der Waals surface area contributed by atoms with Gasteiger partial charge in [-0.2, -0.15) is 0 Å². The quantitative estimate of drug-likeness (QED) is 0.548. The topological polar surface area (TPSA) is 58.4 Å². The van der Waals surface area contributed by atoms with Gasteiger partial charge in [0.25, 0.3) is 0 Å². The van der Waals surface area contributed by atoms with E-state index < -0.39 is 0 Å². The molecule has 70 valence electrons. The van der Waals surface area contributed by atoms with E-state index in [-0.39, 0.29) is 12.5 Å². The van der Waals surface area contributed by atoms with E-state index in [9.17, 15) is 4.79 Å². The van der Waals surface area contributed by atoms with Crippen molar-refractivity contribution in [3.05, 3.63) is 0 Å². The molecular formula is C7H14IN3O. The maximum Gasteiger partial charge on any atom is 0.236 e. The number of nitrogens with two attached hydrogens (primary N) is 1. The van der Waals surface area contributed by atoms with Gasteiger partial charge in [-0.3, -0.25) is 8.32 Å². The summed E-state index contributed by atoms with van der Waals surface area (Å²) in [5, 5.41) is 0. The second-order valence-corrected chi connectivity index (χ2v) is 3.59. The molecule has 1 fully saturated rings. The molecule has 0 aliphatic carbocycles. The van der Waals surface area contributed by atoms with Crippen LogP contribution in [0.3, 0.4) is 0 Å². The van der Waals surface area contributed by atoms with Crippen LogP contribution in [0.25, 0.3) is 0 Å². The number of hydrogen-bond donors (Lipinski definition) is 2. The molecule has 0 atom stereocenters. The summed E-state index contributed by atoms with van der Waals surface area (Å²) in [5.74, 6) is 0.0712. The molecule has 1 saturated heterocycles. The summed E-state index contributed by atoms with van der Waals surface area (Å²) < 4.78 is 3.18. The zero-order chi connectivity index (χ0) is 8.97.